The van der Waals surface area contributed by atoms with E-state index in [0.29, 0.717) is 29.7 Å². The summed E-state index contributed by atoms with van der Waals surface area (Å²) in [6.07, 6.45) is 5.76. The lowest BCUT2D eigenvalue weighted by molar-refractivity contribution is -0.117. The first-order valence-electron chi connectivity index (χ1n) is 9.81. The van der Waals surface area contributed by atoms with E-state index in [1.807, 2.05) is 18.2 Å². The number of hydrogen-bond acceptors (Lipinski definition) is 5. The van der Waals surface area contributed by atoms with Crippen LogP contribution in [0.3, 0.4) is 0 Å². The first-order valence-corrected chi connectivity index (χ1v) is 10.6. The van der Waals surface area contributed by atoms with Crippen LogP contribution in [-0.2, 0) is 29.0 Å². The highest BCUT2D eigenvalue weighted by molar-refractivity contribution is 7.18. The summed E-state index contributed by atoms with van der Waals surface area (Å²) >= 11 is 1.58. The van der Waals surface area contributed by atoms with E-state index in [0.717, 1.165) is 36.1 Å². The number of para-hydroxylation sites is 2. The van der Waals surface area contributed by atoms with Gasteiger partial charge in [-0.2, -0.15) is 0 Å². The Morgan fingerprint density at radius 1 is 1.14 bits per heavy atom. The number of amides is 2. The summed E-state index contributed by atoms with van der Waals surface area (Å²) in [5.74, 6) is -0.261. The molecule has 3 aromatic rings. The van der Waals surface area contributed by atoms with Crippen LogP contribution in [0, 0.1) is 0 Å². The van der Waals surface area contributed by atoms with Gasteiger partial charge in [0.25, 0.3) is 5.56 Å². The van der Waals surface area contributed by atoms with Gasteiger partial charge in [-0.3, -0.25) is 19.0 Å². The molecule has 1 N–H and O–H groups in total. The number of benzene rings is 1. The summed E-state index contributed by atoms with van der Waals surface area (Å²) in [6.45, 7) is 0.531. The molecule has 148 valence electrons. The average Bonchev–Trinajstić information content (AvgIpc) is 3.40. The lowest BCUT2D eigenvalue weighted by Crippen LogP contribution is -2.29. The molecule has 7 nitrogen and oxygen atoms in total. The predicted molar refractivity (Wildman–Crippen MR) is 113 cm³/mol. The van der Waals surface area contributed by atoms with Gasteiger partial charge in [0.2, 0.25) is 11.8 Å². The molecular formula is C21H20N4O3S. The Morgan fingerprint density at radius 3 is 2.83 bits per heavy atom. The number of carbonyl (C=O) groups excluding carboxylic acids is 2. The second-order valence-corrected chi connectivity index (χ2v) is 8.51. The van der Waals surface area contributed by atoms with Gasteiger partial charge in [-0.25, -0.2) is 4.98 Å². The number of carbonyl (C=O) groups is 2. The summed E-state index contributed by atoms with van der Waals surface area (Å²) < 4.78 is 1.37. The van der Waals surface area contributed by atoms with Gasteiger partial charge in [0.1, 0.15) is 11.4 Å². The minimum Gasteiger partial charge on any atom is -0.323 e. The fourth-order valence-electron chi connectivity index (χ4n) is 4.19. The van der Waals surface area contributed by atoms with Crippen LogP contribution in [-0.4, -0.2) is 27.9 Å². The third kappa shape index (κ3) is 3.13. The van der Waals surface area contributed by atoms with Crippen molar-refractivity contribution in [3.8, 4) is 0 Å². The Morgan fingerprint density at radius 2 is 2.00 bits per heavy atom. The molecule has 0 bridgehead atoms. The van der Waals surface area contributed by atoms with Crippen molar-refractivity contribution in [3.05, 3.63) is 51.4 Å². The molecule has 0 unspecified atom stereocenters. The normalized spacial score (nSPS) is 15.9. The van der Waals surface area contributed by atoms with E-state index >= 15 is 0 Å². The van der Waals surface area contributed by atoms with Crippen molar-refractivity contribution in [1.82, 2.24) is 9.55 Å². The first-order chi connectivity index (χ1) is 14.1. The second kappa shape index (κ2) is 7.11. The van der Waals surface area contributed by atoms with Crippen molar-refractivity contribution in [2.75, 3.05) is 16.8 Å². The summed E-state index contributed by atoms with van der Waals surface area (Å²) in [5, 5.41) is 3.53. The molecule has 2 aromatic heterocycles. The highest BCUT2D eigenvalue weighted by Crippen LogP contribution is 2.34. The average molecular weight is 408 g/mol. The number of aromatic nitrogens is 2. The fraction of sp³-hybridized carbons (Fsp3) is 0.333. The number of thiophene rings is 1. The molecule has 29 heavy (non-hydrogen) atoms. The van der Waals surface area contributed by atoms with Gasteiger partial charge in [-0.1, -0.05) is 12.1 Å². The zero-order valence-electron chi connectivity index (χ0n) is 15.8. The molecule has 2 aliphatic rings. The van der Waals surface area contributed by atoms with E-state index in [1.165, 1.54) is 15.8 Å². The van der Waals surface area contributed by atoms with Crippen molar-refractivity contribution in [2.24, 2.45) is 0 Å². The molecule has 0 saturated carbocycles. The number of rotatable bonds is 4. The number of nitrogens with one attached hydrogen (secondary N) is 1. The van der Waals surface area contributed by atoms with E-state index < -0.39 is 0 Å². The second-order valence-electron chi connectivity index (χ2n) is 7.43. The van der Waals surface area contributed by atoms with Crippen LogP contribution >= 0.6 is 11.3 Å². The largest absolute Gasteiger partial charge is 0.323 e. The van der Waals surface area contributed by atoms with E-state index in [4.69, 9.17) is 0 Å². The number of fused-ring (bicyclic) bond motifs is 3. The molecule has 8 heteroatoms. The molecule has 2 amide bonds. The Bertz CT molecular complexity index is 1200. The molecule has 0 spiro atoms. The topological polar surface area (TPSA) is 84.3 Å². The number of aryl methyl sites for hydroxylation is 2. The maximum Gasteiger partial charge on any atom is 0.262 e. The minimum atomic E-state index is -0.320. The fourth-order valence-corrected chi connectivity index (χ4v) is 5.41. The minimum absolute atomic E-state index is 0.0592. The Kier molecular flexibility index (Phi) is 4.43. The summed E-state index contributed by atoms with van der Waals surface area (Å²) in [5.41, 5.74) is 2.22. The van der Waals surface area contributed by atoms with Gasteiger partial charge in [-0.05, 0) is 43.4 Å². The molecule has 0 radical (unpaired) electrons. The van der Waals surface area contributed by atoms with E-state index in [-0.39, 0.29) is 23.9 Å². The zero-order chi connectivity index (χ0) is 20.0. The van der Waals surface area contributed by atoms with Crippen LogP contribution in [0.4, 0.5) is 11.4 Å². The standard InChI is InChI=1S/C21H20N4O3S/c26-17(23-14-6-1-2-7-15(14)25-10-4-9-18(25)27)11-24-12-22-20-19(21(24)28)13-5-3-8-16(13)29-20/h1-2,6-7,12H,3-5,8-11H2,(H,23,26). The smallest absolute Gasteiger partial charge is 0.262 e. The van der Waals surface area contributed by atoms with Gasteiger partial charge in [-0.15, -0.1) is 11.3 Å². The van der Waals surface area contributed by atoms with Crippen LogP contribution in [0.25, 0.3) is 10.2 Å². The van der Waals surface area contributed by atoms with Crippen LogP contribution in [0.5, 0.6) is 0 Å². The molecule has 0 atom stereocenters. The summed E-state index contributed by atoms with van der Waals surface area (Å²) in [4.78, 5) is 45.9. The van der Waals surface area contributed by atoms with Gasteiger partial charge >= 0.3 is 0 Å². The highest BCUT2D eigenvalue weighted by Gasteiger charge is 2.25. The Hall–Kier alpha value is -3.00. The zero-order valence-corrected chi connectivity index (χ0v) is 16.6. The van der Waals surface area contributed by atoms with Crippen molar-refractivity contribution in [1.29, 1.82) is 0 Å². The van der Waals surface area contributed by atoms with Crippen molar-refractivity contribution in [2.45, 2.75) is 38.6 Å². The van der Waals surface area contributed by atoms with E-state index in [9.17, 15) is 14.4 Å². The molecule has 1 saturated heterocycles. The molecular weight excluding hydrogens is 388 g/mol. The first kappa shape index (κ1) is 18.1. The van der Waals surface area contributed by atoms with Gasteiger partial charge < -0.3 is 10.2 Å². The number of anilines is 2. The van der Waals surface area contributed by atoms with Crippen LogP contribution in [0.15, 0.2) is 35.4 Å². The molecule has 3 heterocycles. The summed E-state index contributed by atoms with van der Waals surface area (Å²) in [6, 6.07) is 7.26. The Balaban J connectivity index is 1.40. The van der Waals surface area contributed by atoms with Gasteiger partial charge in [0, 0.05) is 17.8 Å². The lowest BCUT2D eigenvalue weighted by atomic mass is 10.2. The molecule has 1 aliphatic heterocycles. The SMILES string of the molecule is O=C(Cn1cnc2sc3c(c2c1=O)CCC3)Nc1ccccc1N1CCCC1=O. The molecule has 1 aliphatic carbocycles. The molecule has 5 rings (SSSR count). The van der Waals surface area contributed by atoms with Gasteiger partial charge in [0.05, 0.1) is 23.1 Å². The third-order valence-corrected chi connectivity index (χ3v) is 6.75. The quantitative estimate of drug-likeness (QED) is 0.719. The van der Waals surface area contributed by atoms with Crippen molar-refractivity contribution in [3.63, 3.8) is 0 Å². The van der Waals surface area contributed by atoms with E-state index in [1.54, 1.807) is 22.3 Å². The summed E-state index contributed by atoms with van der Waals surface area (Å²) in [7, 11) is 0. The predicted octanol–water partition coefficient (Wildman–Crippen LogP) is 2.71. The number of hydrogen-bond donors (Lipinski definition) is 1. The van der Waals surface area contributed by atoms with Crippen molar-refractivity contribution < 1.29 is 9.59 Å². The lowest BCUT2D eigenvalue weighted by Gasteiger charge is -2.20. The van der Waals surface area contributed by atoms with Crippen LogP contribution in [0.2, 0.25) is 0 Å². The Labute approximate surface area is 171 Å². The molecule has 1 aromatic carbocycles. The molecule has 1 fully saturated rings. The highest BCUT2D eigenvalue weighted by atomic mass is 32.1. The van der Waals surface area contributed by atoms with E-state index in [2.05, 4.69) is 10.3 Å². The monoisotopic (exact) mass is 408 g/mol. The van der Waals surface area contributed by atoms with Crippen LogP contribution in [0.1, 0.15) is 29.7 Å². The number of nitrogens with zero attached hydrogens (tertiary/aromatic N) is 3. The third-order valence-electron chi connectivity index (χ3n) is 5.55. The maximum atomic E-state index is 13.0. The van der Waals surface area contributed by atoms with Gasteiger partial charge in [0.15, 0.2) is 0 Å². The van der Waals surface area contributed by atoms with Crippen molar-refractivity contribution >= 4 is 44.7 Å². The van der Waals surface area contributed by atoms with Crippen LogP contribution < -0.4 is 15.8 Å². The maximum absolute atomic E-state index is 13.0.